The van der Waals surface area contributed by atoms with Crippen LogP contribution in [0.2, 0.25) is 0 Å². The van der Waals surface area contributed by atoms with Crippen molar-refractivity contribution in [3.05, 3.63) is 35.4 Å². The first-order valence-electron chi connectivity index (χ1n) is 6.11. The van der Waals surface area contributed by atoms with E-state index in [1.807, 2.05) is 0 Å². The van der Waals surface area contributed by atoms with Gasteiger partial charge in [-0.15, -0.1) is 0 Å². The van der Waals surface area contributed by atoms with Crippen molar-refractivity contribution in [2.75, 3.05) is 0 Å². The number of rotatable bonds is 4. The summed E-state index contributed by atoms with van der Waals surface area (Å²) in [7, 11) is 0. The quantitative estimate of drug-likeness (QED) is 0.856. The molecule has 0 aliphatic heterocycles. The van der Waals surface area contributed by atoms with E-state index in [9.17, 15) is 13.6 Å². The highest BCUT2D eigenvalue weighted by atomic mass is 19.2. The zero-order valence-electron chi connectivity index (χ0n) is 11.4. The molecule has 0 spiro atoms. The summed E-state index contributed by atoms with van der Waals surface area (Å²) in [5, 5.41) is 0. The predicted octanol–water partition coefficient (Wildman–Crippen LogP) is 3.09. The summed E-state index contributed by atoms with van der Waals surface area (Å²) in [6.07, 6.45) is 0.456. The van der Waals surface area contributed by atoms with Gasteiger partial charge in [-0.3, -0.25) is 4.79 Å². The summed E-state index contributed by atoms with van der Waals surface area (Å²) in [5.74, 6) is -2.21. The Morgan fingerprint density at radius 1 is 1.32 bits per heavy atom. The van der Waals surface area contributed by atoms with Gasteiger partial charge < -0.3 is 10.5 Å². The number of hydrogen-bond acceptors (Lipinski definition) is 3. The predicted molar refractivity (Wildman–Crippen MR) is 68.4 cm³/mol. The molecule has 5 heteroatoms. The molecule has 1 aromatic rings. The van der Waals surface area contributed by atoms with Gasteiger partial charge in [0, 0.05) is 12.5 Å². The van der Waals surface area contributed by atoms with Crippen molar-refractivity contribution in [3.8, 4) is 0 Å². The fraction of sp³-hybridized carbons (Fsp3) is 0.500. The van der Waals surface area contributed by atoms with Gasteiger partial charge in [0.25, 0.3) is 0 Å². The van der Waals surface area contributed by atoms with Gasteiger partial charge in [0.05, 0.1) is 0 Å². The van der Waals surface area contributed by atoms with Gasteiger partial charge in [-0.2, -0.15) is 0 Å². The summed E-state index contributed by atoms with van der Waals surface area (Å²) in [6.45, 7) is 5.33. The Morgan fingerprint density at radius 3 is 2.47 bits per heavy atom. The van der Waals surface area contributed by atoms with Crippen molar-refractivity contribution >= 4 is 5.97 Å². The Kier molecular flexibility index (Phi) is 5.00. The van der Waals surface area contributed by atoms with Gasteiger partial charge in [-0.1, -0.05) is 6.07 Å². The number of ether oxygens (including phenoxy) is 1. The van der Waals surface area contributed by atoms with Crippen LogP contribution in [0.1, 0.15) is 45.2 Å². The van der Waals surface area contributed by atoms with Gasteiger partial charge in [0.15, 0.2) is 11.6 Å². The highest BCUT2D eigenvalue weighted by Crippen LogP contribution is 2.19. The van der Waals surface area contributed by atoms with E-state index in [2.05, 4.69) is 0 Å². The van der Waals surface area contributed by atoms with Gasteiger partial charge >= 0.3 is 5.97 Å². The van der Waals surface area contributed by atoms with Crippen molar-refractivity contribution in [1.29, 1.82) is 0 Å². The zero-order valence-corrected chi connectivity index (χ0v) is 11.4. The Balaban J connectivity index is 2.53. The highest BCUT2D eigenvalue weighted by Gasteiger charge is 2.17. The normalized spacial score (nSPS) is 13.2. The van der Waals surface area contributed by atoms with Crippen LogP contribution in [0.15, 0.2) is 18.2 Å². The number of nitrogens with two attached hydrogens (primary N) is 1. The monoisotopic (exact) mass is 271 g/mol. The topological polar surface area (TPSA) is 52.3 Å². The first-order valence-corrected chi connectivity index (χ1v) is 6.11. The average molecular weight is 271 g/mol. The lowest BCUT2D eigenvalue weighted by molar-refractivity contribution is -0.155. The van der Waals surface area contributed by atoms with Gasteiger partial charge in [-0.25, -0.2) is 8.78 Å². The zero-order chi connectivity index (χ0) is 14.6. The van der Waals surface area contributed by atoms with E-state index in [0.29, 0.717) is 12.0 Å². The van der Waals surface area contributed by atoms with Crippen LogP contribution in [0, 0.1) is 11.6 Å². The van der Waals surface area contributed by atoms with Crippen LogP contribution in [0.5, 0.6) is 0 Å². The molecule has 0 aliphatic carbocycles. The minimum atomic E-state index is -0.940. The molecule has 0 saturated heterocycles. The molecule has 0 radical (unpaired) electrons. The van der Waals surface area contributed by atoms with E-state index in [4.69, 9.17) is 10.5 Å². The fourth-order valence-corrected chi connectivity index (χ4v) is 1.58. The molecule has 0 aromatic heterocycles. The summed E-state index contributed by atoms with van der Waals surface area (Å²) in [6, 6.07) is 2.97. The van der Waals surface area contributed by atoms with Crippen LogP contribution >= 0.6 is 0 Å². The molecule has 1 unspecified atom stereocenters. The first-order chi connectivity index (χ1) is 8.69. The van der Waals surface area contributed by atoms with Gasteiger partial charge in [-0.05, 0) is 44.9 Å². The molecule has 106 valence electrons. The van der Waals surface area contributed by atoms with Crippen LogP contribution in [0.25, 0.3) is 0 Å². The molecular weight excluding hydrogens is 252 g/mol. The number of carbonyl (C=O) groups is 1. The molecule has 0 heterocycles. The third-order valence-corrected chi connectivity index (χ3v) is 2.45. The molecule has 1 atom stereocenters. The molecule has 0 amide bonds. The molecule has 2 N–H and O–H groups in total. The Bertz CT molecular complexity index is 455. The third kappa shape index (κ3) is 5.34. The molecule has 0 fully saturated rings. The van der Waals surface area contributed by atoms with Crippen molar-refractivity contribution < 1.29 is 18.3 Å². The van der Waals surface area contributed by atoms with Crippen molar-refractivity contribution in [2.45, 2.75) is 45.3 Å². The summed E-state index contributed by atoms with van der Waals surface area (Å²) in [4.78, 5) is 11.5. The molecule has 0 saturated carbocycles. The SMILES string of the molecule is CC(C)(C)OC(=O)CCC(N)c1ccc(F)c(F)c1. The largest absolute Gasteiger partial charge is 0.460 e. The van der Waals surface area contributed by atoms with E-state index in [-0.39, 0.29) is 12.4 Å². The highest BCUT2D eigenvalue weighted by molar-refractivity contribution is 5.69. The Morgan fingerprint density at radius 2 is 1.95 bits per heavy atom. The molecule has 0 bridgehead atoms. The number of benzene rings is 1. The van der Waals surface area contributed by atoms with Crippen LogP contribution in [-0.4, -0.2) is 11.6 Å². The van der Waals surface area contributed by atoms with Crippen LogP contribution < -0.4 is 5.73 Å². The second-order valence-electron chi connectivity index (χ2n) is 5.41. The van der Waals surface area contributed by atoms with E-state index < -0.39 is 23.3 Å². The fourth-order valence-electron chi connectivity index (χ4n) is 1.58. The standard InChI is InChI=1S/C14H19F2NO2/c1-14(2,3)19-13(18)7-6-12(17)9-4-5-10(15)11(16)8-9/h4-5,8,12H,6-7,17H2,1-3H3. The van der Waals surface area contributed by atoms with E-state index in [0.717, 1.165) is 12.1 Å². The molecular formula is C14H19F2NO2. The van der Waals surface area contributed by atoms with E-state index >= 15 is 0 Å². The maximum absolute atomic E-state index is 13.0. The number of hydrogen-bond donors (Lipinski definition) is 1. The average Bonchev–Trinajstić information content (AvgIpc) is 2.27. The number of carbonyl (C=O) groups excluding carboxylic acids is 1. The Labute approximate surface area is 111 Å². The van der Waals surface area contributed by atoms with Crippen molar-refractivity contribution in [2.24, 2.45) is 5.73 Å². The lowest BCUT2D eigenvalue weighted by atomic mass is 10.0. The van der Waals surface area contributed by atoms with Crippen LogP contribution in [0.4, 0.5) is 8.78 Å². The number of halogens is 2. The molecule has 1 rings (SSSR count). The molecule has 3 nitrogen and oxygen atoms in total. The van der Waals surface area contributed by atoms with E-state index in [1.165, 1.54) is 6.07 Å². The van der Waals surface area contributed by atoms with Crippen molar-refractivity contribution in [3.63, 3.8) is 0 Å². The molecule has 19 heavy (non-hydrogen) atoms. The lowest BCUT2D eigenvalue weighted by Crippen LogP contribution is -2.24. The molecule has 1 aromatic carbocycles. The Hall–Kier alpha value is -1.49. The second kappa shape index (κ2) is 6.10. The van der Waals surface area contributed by atoms with Crippen molar-refractivity contribution in [1.82, 2.24) is 0 Å². The van der Waals surface area contributed by atoms with Gasteiger partial charge in [0.2, 0.25) is 0 Å². The smallest absolute Gasteiger partial charge is 0.306 e. The van der Waals surface area contributed by atoms with Crippen LogP contribution in [-0.2, 0) is 9.53 Å². The van der Waals surface area contributed by atoms with Crippen LogP contribution in [0.3, 0.4) is 0 Å². The maximum Gasteiger partial charge on any atom is 0.306 e. The summed E-state index contributed by atoms with van der Waals surface area (Å²) >= 11 is 0. The summed E-state index contributed by atoms with van der Waals surface area (Å²) < 4.78 is 30.9. The first kappa shape index (κ1) is 15.6. The lowest BCUT2D eigenvalue weighted by Gasteiger charge is -2.20. The number of esters is 1. The summed E-state index contributed by atoms with van der Waals surface area (Å²) in [5.41, 5.74) is 5.75. The second-order valence-corrected chi connectivity index (χ2v) is 5.41. The minimum Gasteiger partial charge on any atom is -0.460 e. The van der Waals surface area contributed by atoms with Gasteiger partial charge in [0.1, 0.15) is 5.60 Å². The van der Waals surface area contributed by atoms with E-state index in [1.54, 1.807) is 20.8 Å². The maximum atomic E-state index is 13.0. The third-order valence-electron chi connectivity index (χ3n) is 2.45. The minimum absolute atomic E-state index is 0.136. The molecule has 0 aliphatic rings.